The summed E-state index contributed by atoms with van der Waals surface area (Å²) >= 11 is 2.88. The van der Waals surface area contributed by atoms with E-state index in [2.05, 4.69) is 9.97 Å². The number of urea groups is 1. The fourth-order valence-corrected chi connectivity index (χ4v) is 5.19. The summed E-state index contributed by atoms with van der Waals surface area (Å²) in [5.41, 5.74) is 1.53. The van der Waals surface area contributed by atoms with Crippen molar-refractivity contribution < 1.29 is 14.0 Å². The number of carbonyl (C=O) groups excluding carboxylic acids is 2. The summed E-state index contributed by atoms with van der Waals surface area (Å²) in [5, 5.41) is 1.54. The standard InChI is InChI=1S/C21H21FN4O2S2/c1-13-19(18(27)8-7-17-11-23-14(2)29-17)30-20(24-13)26-10-9-25(21(26)28)12-15-3-5-16(22)6-4-15/h3-6,11H,7-10,12H2,1-2H3. The van der Waals surface area contributed by atoms with Gasteiger partial charge in [-0.3, -0.25) is 9.69 Å². The molecule has 6 nitrogen and oxygen atoms in total. The van der Waals surface area contributed by atoms with Gasteiger partial charge < -0.3 is 4.90 Å². The fraction of sp³-hybridized carbons (Fsp3) is 0.333. The van der Waals surface area contributed by atoms with Gasteiger partial charge in [-0.1, -0.05) is 23.5 Å². The van der Waals surface area contributed by atoms with Gasteiger partial charge in [0.25, 0.3) is 0 Å². The first-order valence-corrected chi connectivity index (χ1v) is 11.3. The number of ketones is 1. The van der Waals surface area contributed by atoms with Crippen molar-refractivity contribution in [1.29, 1.82) is 0 Å². The zero-order valence-electron chi connectivity index (χ0n) is 16.7. The molecule has 0 radical (unpaired) electrons. The van der Waals surface area contributed by atoms with Crippen LogP contribution in [-0.2, 0) is 13.0 Å². The summed E-state index contributed by atoms with van der Waals surface area (Å²) in [7, 11) is 0. The van der Waals surface area contributed by atoms with Crippen molar-refractivity contribution in [1.82, 2.24) is 14.9 Å². The van der Waals surface area contributed by atoms with Gasteiger partial charge in [0.05, 0.1) is 15.6 Å². The summed E-state index contributed by atoms with van der Waals surface area (Å²) in [6.07, 6.45) is 2.87. The highest BCUT2D eigenvalue weighted by atomic mass is 32.1. The fourth-order valence-electron chi connectivity index (χ4n) is 3.34. The molecule has 0 spiro atoms. The molecule has 0 bridgehead atoms. The molecule has 0 atom stereocenters. The first-order chi connectivity index (χ1) is 14.4. The minimum absolute atomic E-state index is 0.0390. The lowest BCUT2D eigenvalue weighted by molar-refractivity contribution is 0.0986. The number of hydrogen-bond donors (Lipinski definition) is 0. The SMILES string of the molecule is Cc1ncc(CCC(=O)c2sc(N3CCN(Cc4ccc(F)cc4)C3=O)nc2C)s1. The van der Waals surface area contributed by atoms with Crippen molar-refractivity contribution in [3.8, 4) is 0 Å². The second-order valence-electron chi connectivity index (χ2n) is 7.16. The molecule has 1 saturated heterocycles. The van der Waals surface area contributed by atoms with Crippen LogP contribution < -0.4 is 4.90 Å². The van der Waals surface area contributed by atoms with E-state index in [1.165, 1.54) is 23.5 Å². The van der Waals surface area contributed by atoms with Gasteiger partial charge >= 0.3 is 6.03 Å². The third-order valence-electron chi connectivity index (χ3n) is 4.92. The van der Waals surface area contributed by atoms with E-state index in [1.807, 2.05) is 13.1 Å². The minimum Gasteiger partial charge on any atom is -0.318 e. The highest BCUT2D eigenvalue weighted by Crippen LogP contribution is 2.30. The lowest BCUT2D eigenvalue weighted by Crippen LogP contribution is -2.31. The average molecular weight is 445 g/mol. The Kier molecular flexibility index (Phi) is 5.92. The van der Waals surface area contributed by atoms with Crippen LogP contribution in [0.4, 0.5) is 14.3 Å². The van der Waals surface area contributed by atoms with E-state index in [1.54, 1.807) is 40.2 Å². The second kappa shape index (κ2) is 8.61. The highest BCUT2D eigenvalue weighted by Gasteiger charge is 2.32. The molecule has 4 rings (SSSR count). The predicted octanol–water partition coefficient (Wildman–Crippen LogP) is 4.61. The molecule has 0 saturated carbocycles. The van der Waals surface area contributed by atoms with E-state index in [4.69, 9.17) is 0 Å². The predicted molar refractivity (Wildman–Crippen MR) is 116 cm³/mol. The van der Waals surface area contributed by atoms with E-state index < -0.39 is 0 Å². The number of anilines is 1. The molecule has 9 heteroatoms. The monoisotopic (exact) mass is 444 g/mol. The van der Waals surface area contributed by atoms with Crippen LogP contribution in [-0.4, -0.2) is 39.8 Å². The van der Waals surface area contributed by atoms with Crippen molar-refractivity contribution in [2.45, 2.75) is 33.2 Å². The maximum Gasteiger partial charge on any atom is 0.326 e. The first kappa shape index (κ1) is 20.6. The normalized spacial score (nSPS) is 14.0. The van der Waals surface area contributed by atoms with Crippen LogP contribution in [0.2, 0.25) is 0 Å². The van der Waals surface area contributed by atoms with Crippen molar-refractivity contribution in [2.75, 3.05) is 18.0 Å². The van der Waals surface area contributed by atoms with Gasteiger partial charge in [-0.2, -0.15) is 0 Å². The number of aromatic nitrogens is 2. The molecule has 3 heterocycles. The number of Topliss-reactive ketones (excluding diaryl/α,β-unsaturated/α-hetero) is 1. The quantitative estimate of drug-likeness (QED) is 0.499. The number of rotatable bonds is 7. The van der Waals surface area contributed by atoms with E-state index in [0.717, 1.165) is 15.4 Å². The number of thiazole rings is 2. The Balaban J connectivity index is 1.41. The van der Waals surface area contributed by atoms with Crippen molar-refractivity contribution >= 4 is 39.6 Å². The Bertz CT molecular complexity index is 1080. The topological polar surface area (TPSA) is 66.4 Å². The molecule has 1 aromatic carbocycles. The zero-order valence-corrected chi connectivity index (χ0v) is 18.4. The van der Waals surface area contributed by atoms with Crippen LogP contribution in [0.15, 0.2) is 30.5 Å². The molecule has 0 aliphatic carbocycles. The number of nitrogens with zero attached hydrogens (tertiary/aromatic N) is 4. The zero-order chi connectivity index (χ0) is 21.3. The van der Waals surface area contributed by atoms with Gasteiger partial charge in [-0.25, -0.2) is 19.2 Å². The molecule has 2 aromatic heterocycles. The Labute approximate surface area is 182 Å². The van der Waals surface area contributed by atoms with Crippen LogP contribution in [0.3, 0.4) is 0 Å². The minimum atomic E-state index is -0.297. The molecule has 3 aromatic rings. The van der Waals surface area contributed by atoms with Crippen molar-refractivity contribution in [3.05, 3.63) is 62.3 Å². The summed E-state index contributed by atoms with van der Waals surface area (Å²) in [6.45, 7) is 5.24. The van der Waals surface area contributed by atoms with Crippen LogP contribution in [0.5, 0.6) is 0 Å². The number of amides is 2. The van der Waals surface area contributed by atoms with Gasteiger partial charge in [0.15, 0.2) is 10.9 Å². The Morgan fingerprint density at radius 3 is 2.63 bits per heavy atom. The van der Waals surface area contributed by atoms with E-state index in [9.17, 15) is 14.0 Å². The molecule has 2 amide bonds. The average Bonchev–Trinajstić information content (AvgIpc) is 3.41. The Morgan fingerprint density at radius 2 is 1.93 bits per heavy atom. The van der Waals surface area contributed by atoms with Crippen LogP contribution in [0.25, 0.3) is 0 Å². The number of benzene rings is 1. The summed E-state index contributed by atoms with van der Waals surface area (Å²) in [5.74, 6) is -0.258. The summed E-state index contributed by atoms with van der Waals surface area (Å²) in [6, 6.07) is 6.00. The molecule has 1 fully saturated rings. The third kappa shape index (κ3) is 4.41. The molecule has 0 N–H and O–H groups in total. The van der Waals surface area contributed by atoms with E-state index in [-0.39, 0.29) is 17.6 Å². The van der Waals surface area contributed by atoms with Gasteiger partial charge in [0.1, 0.15) is 5.82 Å². The van der Waals surface area contributed by atoms with Gasteiger partial charge in [-0.05, 0) is 38.0 Å². The number of aryl methyl sites for hydroxylation is 3. The molecule has 1 aliphatic rings. The summed E-state index contributed by atoms with van der Waals surface area (Å²) < 4.78 is 13.1. The second-order valence-corrected chi connectivity index (χ2v) is 9.46. The van der Waals surface area contributed by atoms with Gasteiger partial charge in [-0.15, -0.1) is 11.3 Å². The Hall–Kier alpha value is -2.65. The number of hydrogen-bond acceptors (Lipinski definition) is 6. The maximum atomic E-state index is 13.1. The van der Waals surface area contributed by atoms with Crippen LogP contribution in [0.1, 0.15) is 37.2 Å². The van der Waals surface area contributed by atoms with Crippen molar-refractivity contribution in [3.63, 3.8) is 0 Å². The molecular weight excluding hydrogens is 423 g/mol. The summed E-state index contributed by atoms with van der Waals surface area (Å²) in [4.78, 5) is 39.3. The van der Waals surface area contributed by atoms with E-state index in [0.29, 0.717) is 48.2 Å². The van der Waals surface area contributed by atoms with Crippen LogP contribution in [0, 0.1) is 19.7 Å². The van der Waals surface area contributed by atoms with E-state index >= 15 is 0 Å². The molecule has 156 valence electrons. The van der Waals surface area contributed by atoms with Gasteiger partial charge in [0.2, 0.25) is 0 Å². The molecule has 30 heavy (non-hydrogen) atoms. The lowest BCUT2D eigenvalue weighted by atomic mass is 10.1. The molecule has 1 aliphatic heterocycles. The third-order valence-corrected chi connectivity index (χ3v) is 7.11. The van der Waals surface area contributed by atoms with Gasteiger partial charge in [0, 0.05) is 37.1 Å². The number of halogens is 1. The molecular formula is C21H21FN4O2S2. The smallest absolute Gasteiger partial charge is 0.318 e. The number of carbonyl (C=O) groups is 2. The maximum absolute atomic E-state index is 13.1. The molecule has 0 unspecified atom stereocenters. The van der Waals surface area contributed by atoms with Crippen LogP contribution >= 0.6 is 22.7 Å². The highest BCUT2D eigenvalue weighted by molar-refractivity contribution is 7.17. The largest absolute Gasteiger partial charge is 0.326 e. The Morgan fingerprint density at radius 1 is 1.17 bits per heavy atom. The lowest BCUT2D eigenvalue weighted by Gasteiger charge is -2.16. The van der Waals surface area contributed by atoms with Crippen molar-refractivity contribution in [2.24, 2.45) is 0 Å². The first-order valence-electron chi connectivity index (χ1n) is 9.63.